The Morgan fingerprint density at radius 3 is 2.42 bits per heavy atom. The van der Waals surface area contributed by atoms with Crippen molar-refractivity contribution in [2.45, 2.75) is 34.1 Å². The van der Waals surface area contributed by atoms with Crippen molar-refractivity contribution in [1.29, 1.82) is 5.26 Å². The molecule has 0 saturated heterocycles. The van der Waals surface area contributed by atoms with E-state index in [4.69, 9.17) is 10.00 Å². The van der Waals surface area contributed by atoms with Gasteiger partial charge in [-0.3, -0.25) is 9.78 Å². The summed E-state index contributed by atoms with van der Waals surface area (Å²) in [5.74, 6) is -0.958. The van der Waals surface area contributed by atoms with E-state index in [-0.39, 0.29) is 18.9 Å². The Morgan fingerprint density at radius 2 is 1.74 bits per heavy atom. The number of aryl methyl sites for hydroxylation is 4. The zero-order valence-electron chi connectivity index (χ0n) is 18.2. The van der Waals surface area contributed by atoms with Crippen LogP contribution in [0.25, 0.3) is 10.9 Å². The van der Waals surface area contributed by atoms with Gasteiger partial charge < -0.3 is 9.64 Å². The molecule has 1 heterocycles. The molecule has 3 rings (SSSR count). The Labute approximate surface area is 182 Å². The fraction of sp³-hybridized carbons (Fsp3) is 0.280. The summed E-state index contributed by atoms with van der Waals surface area (Å²) in [4.78, 5) is 31.7. The number of benzene rings is 2. The molecule has 0 N–H and O–H groups in total. The molecule has 0 fully saturated rings. The van der Waals surface area contributed by atoms with E-state index in [9.17, 15) is 9.59 Å². The topological polar surface area (TPSA) is 83.3 Å². The van der Waals surface area contributed by atoms with Crippen LogP contribution in [-0.4, -0.2) is 30.0 Å². The van der Waals surface area contributed by atoms with Crippen molar-refractivity contribution in [3.63, 3.8) is 0 Å². The highest BCUT2D eigenvalue weighted by atomic mass is 16.5. The molecule has 0 saturated carbocycles. The van der Waals surface area contributed by atoms with Crippen LogP contribution in [0.4, 0.5) is 5.69 Å². The third kappa shape index (κ3) is 4.89. The van der Waals surface area contributed by atoms with Crippen molar-refractivity contribution in [2.24, 2.45) is 0 Å². The number of para-hydroxylation sites is 1. The molecule has 158 valence electrons. The van der Waals surface area contributed by atoms with Crippen molar-refractivity contribution in [3.05, 3.63) is 70.4 Å². The number of pyridine rings is 1. The predicted octanol–water partition coefficient (Wildman–Crippen LogP) is 4.57. The molecule has 6 heteroatoms. The molecule has 31 heavy (non-hydrogen) atoms. The summed E-state index contributed by atoms with van der Waals surface area (Å²) in [7, 11) is 0. The molecular formula is C25H25N3O3. The third-order valence-corrected chi connectivity index (χ3v) is 5.13. The number of hydrogen-bond donors (Lipinski definition) is 0. The van der Waals surface area contributed by atoms with Gasteiger partial charge in [0.05, 0.1) is 29.3 Å². The zero-order chi connectivity index (χ0) is 22.5. The number of carbonyl (C=O) groups excluding carboxylic acids is 2. The smallest absolute Gasteiger partial charge is 0.340 e. The highest BCUT2D eigenvalue weighted by molar-refractivity contribution is 6.00. The molecule has 2 aromatic carbocycles. The van der Waals surface area contributed by atoms with Gasteiger partial charge in [0, 0.05) is 17.6 Å². The molecule has 0 aliphatic heterocycles. The summed E-state index contributed by atoms with van der Waals surface area (Å²) in [6, 6.07) is 15.4. The molecule has 6 nitrogen and oxygen atoms in total. The Kier molecular flexibility index (Phi) is 6.66. The number of rotatable bonds is 6. The van der Waals surface area contributed by atoms with E-state index in [1.165, 1.54) is 4.90 Å². The number of nitrogens with zero attached hydrogens (tertiary/aromatic N) is 3. The van der Waals surface area contributed by atoms with Gasteiger partial charge in [-0.2, -0.15) is 5.26 Å². The minimum atomic E-state index is -0.581. The first-order chi connectivity index (χ1) is 14.8. The second-order valence-electron chi connectivity index (χ2n) is 7.59. The van der Waals surface area contributed by atoms with E-state index in [1.807, 2.05) is 63.2 Å². The average Bonchev–Trinajstić information content (AvgIpc) is 2.72. The summed E-state index contributed by atoms with van der Waals surface area (Å²) in [6.45, 7) is 7.31. The molecule has 0 atom stereocenters. The van der Waals surface area contributed by atoms with Gasteiger partial charge in [-0.05, 0) is 62.6 Å². The van der Waals surface area contributed by atoms with E-state index in [0.29, 0.717) is 16.9 Å². The van der Waals surface area contributed by atoms with E-state index in [0.717, 1.165) is 27.6 Å². The van der Waals surface area contributed by atoms with Gasteiger partial charge in [-0.25, -0.2) is 4.79 Å². The minimum Gasteiger partial charge on any atom is -0.452 e. The Bertz CT molecular complexity index is 1170. The third-order valence-electron chi connectivity index (χ3n) is 5.13. The molecule has 0 radical (unpaired) electrons. The second kappa shape index (κ2) is 9.40. The number of anilines is 1. The van der Waals surface area contributed by atoms with Gasteiger partial charge in [0.1, 0.15) is 0 Å². The number of hydrogen-bond acceptors (Lipinski definition) is 5. The van der Waals surface area contributed by atoms with Crippen molar-refractivity contribution in [3.8, 4) is 6.07 Å². The number of fused-ring (bicyclic) bond motifs is 1. The molecule has 0 spiro atoms. The van der Waals surface area contributed by atoms with E-state index in [2.05, 4.69) is 11.1 Å². The van der Waals surface area contributed by atoms with Gasteiger partial charge >= 0.3 is 5.97 Å². The minimum absolute atomic E-state index is 0.180. The van der Waals surface area contributed by atoms with Gasteiger partial charge in [-0.15, -0.1) is 0 Å². The maximum Gasteiger partial charge on any atom is 0.340 e. The number of esters is 1. The first kappa shape index (κ1) is 22.0. The number of ether oxygens (including phenoxy) is 1. The molecule has 0 aliphatic rings. The summed E-state index contributed by atoms with van der Waals surface area (Å²) in [5.41, 5.74) is 5.23. The number of aromatic nitrogens is 1. The van der Waals surface area contributed by atoms with Crippen molar-refractivity contribution >= 4 is 28.5 Å². The number of nitriles is 1. The highest BCUT2D eigenvalue weighted by Gasteiger charge is 2.22. The van der Waals surface area contributed by atoms with Gasteiger partial charge in [0.25, 0.3) is 5.91 Å². The normalized spacial score (nSPS) is 10.5. The molecule has 0 bridgehead atoms. The number of amides is 1. The fourth-order valence-electron chi connectivity index (χ4n) is 3.78. The lowest BCUT2D eigenvalue weighted by molar-refractivity contribution is -0.121. The summed E-state index contributed by atoms with van der Waals surface area (Å²) >= 11 is 0. The maximum atomic E-state index is 12.9. The average molecular weight is 415 g/mol. The van der Waals surface area contributed by atoms with Gasteiger partial charge in [0.15, 0.2) is 6.61 Å². The molecule has 0 aliphatic carbocycles. The summed E-state index contributed by atoms with van der Waals surface area (Å²) in [5, 5.41) is 9.86. The number of carbonyl (C=O) groups is 2. The first-order valence-corrected chi connectivity index (χ1v) is 10.1. The quantitative estimate of drug-likeness (QED) is 0.551. The van der Waals surface area contributed by atoms with Crippen LogP contribution >= 0.6 is 0 Å². The van der Waals surface area contributed by atoms with Crippen molar-refractivity contribution in [2.75, 3.05) is 18.1 Å². The van der Waals surface area contributed by atoms with Crippen molar-refractivity contribution < 1.29 is 14.3 Å². The van der Waals surface area contributed by atoms with Crippen LogP contribution in [0.3, 0.4) is 0 Å². The van der Waals surface area contributed by atoms with Crippen LogP contribution in [0.5, 0.6) is 0 Å². The van der Waals surface area contributed by atoms with E-state index < -0.39 is 12.6 Å². The molecule has 1 amide bonds. The van der Waals surface area contributed by atoms with E-state index >= 15 is 0 Å². The van der Waals surface area contributed by atoms with Crippen LogP contribution in [0, 0.1) is 39.0 Å². The monoisotopic (exact) mass is 415 g/mol. The molecule has 1 aromatic heterocycles. The lowest BCUT2D eigenvalue weighted by Crippen LogP contribution is -2.35. The lowest BCUT2D eigenvalue weighted by Gasteiger charge is -2.23. The standard InChI is InChI=1S/C25H25N3O3/c1-16-12-17(2)14-20(13-16)28(11-7-10-26)23(29)15-31-25(30)24-18(3)21-8-5-6-9-22(21)27-19(24)4/h5-6,8-9,12-14H,7,11,15H2,1-4H3. The highest BCUT2D eigenvalue weighted by Crippen LogP contribution is 2.24. The molecular weight excluding hydrogens is 390 g/mol. The first-order valence-electron chi connectivity index (χ1n) is 10.1. The largest absolute Gasteiger partial charge is 0.452 e. The van der Waals surface area contributed by atoms with Crippen LogP contribution < -0.4 is 4.90 Å². The van der Waals surface area contributed by atoms with Gasteiger partial charge in [-0.1, -0.05) is 24.3 Å². The summed E-state index contributed by atoms with van der Waals surface area (Å²) in [6.07, 6.45) is 0.180. The van der Waals surface area contributed by atoms with Crippen LogP contribution in [0.15, 0.2) is 42.5 Å². The zero-order valence-corrected chi connectivity index (χ0v) is 18.2. The lowest BCUT2D eigenvalue weighted by atomic mass is 10.0. The van der Waals surface area contributed by atoms with Gasteiger partial charge in [0.2, 0.25) is 0 Å². The van der Waals surface area contributed by atoms with Crippen LogP contribution in [0.2, 0.25) is 0 Å². The Hall–Kier alpha value is -3.72. The SMILES string of the molecule is Cc1cc(C)cc(N(CCC#N)C(=O)COC(=O)c2c(C)nc3ccccc3c2C)c1. The summed E-state index contributed by atoms with van der Waals surface area (Å²) < 4.78 is 5.39. The maximum absolute atomic E-state index is 12.9. The predicted molar refractivity (Wildman–Crippen MR) is 120 cm³/mol. The molecule has 3 aromatic rings. The Morgan fingerprint density at radius 1 is 1.06 bits per heavy atom. The van der Waals surface area contributed by atoms with Crippen LogP contribution in [-0.2, 0) is 9.53 Å². The molecule has 0 unspecified atom stereocenters. The van der Waals surface area contributed by atoms with E-state index in [1.54, 1.807) is 6.92 Å². The van der Waals surface area contributed by atoms with Crippen molar-refractivity contribution in [1.82, 2.24) is 4.98 Å². The fourth-order valence-corrected chi connectivity index (χ4v) is 3.78. The Balaban J connectivity index is 1.81. The second-order valence-corrected chi connectivity index (χ2v) is 7.59. The van der Waals surface area contributed by atoms with Crippen LogP contribution in [0.1, 0.15) is 39.2 Å².